The van der Waals surface area contributed by atoms with Gasteiger partial charge in [-0.25, -0.2) is 9.18 Å². The van der Waals surface area contributed by atoms with E-state index >= 15 is 0 Å². The van der Waals surface area contributed by atoms with Gasteiger partial charge in [-0.3, -0.25) is 4.79 Å². The monoisotopic (exact) mass is 580 g/mol. The molecule has 222 valence electrons. The Balaban J connectivity index is 1.15. The van der Waals surface area contributed by atoms with Gasteiger partial charge in [0.1, 0.15) is 17.6 Å². The first-order valence-electron chi connectivity index (χ1n) is 14.9. The molecule has 1 fully saturated rings. The molecule has 1 aliphatic carbocycles. The Kier molecular flexibility index (Phi) is 10.1. The lowest BCUT2D eigenvalue weighted by Crippen LogP contribution is -2.34. The van der Waals surface area contributed by atoms with Crippen LogP contribution in [0.3, 0.4) is 0 Å². The molecule has 5 rings (SSSR count). The molecular formula is C36H37FN2O4. The fourth-order valence-electron chi connectivity index (χ4n) is 5.33. The van der Waals surface area contributed by atoms with Crippen LogP contribution in [-0.4, -0.2) is 42.6 Å². The van der Waals surface area contributed by atoms with Gasteiger partial charge < -0.3 is 20.1 Å². The first kappa shape index (κ1) is 29.8. The highest BCUT2D eigenvalue weighted by Crippen LogP contribution is 2.29. The van der Waals surface area contributed by atoms with Crippen LogP contribution in [0.5, 0.6) is 5.75 Å². The summed E-state index contributed by atoms with van der Waals surface area (Å²) in [5, 5.41) is 13.0. The lowest BCUT2D eigenvalue weighted by Gasteiger charge is -2.34. The summed E-state index contributed by atoms with van der Waals surface area (Å²) >= 11 is 0. The number of ether oxygens (including phenoxy) is 1. The van der Waals surface area contributed by atoms with Gasteiger partial charge in [-0.1, -0.05) is 67.1 Å². The Morgan fingerprint density at radius 3 is 2.37 bits per heavy atom. The predicted molar refractivity (Wildman–Crippen MR) is 168 cm³/mol. The number of rotatable bonds is 15. The summed E-state index contributed by atoms with van der Waals surface area (Å²) in [5.74, 6) is -0.0292. The maximum absolute atomic E-state index is 13.8. The van der Waals surface area contributed by atoms with Crippen molar-refractivity contribution in [2.24, 2.45) is 5.92 Å². The summed E-state index contributed by atoms with van der Waals surface area (Å²) < 4.78 is 19.8. The minimum Gasteiger partial charge on any atom is -0.494 e. The topological polar surface area (TPSA) is 78.9 Å². The van der Waals surface area contributed by atoms with Crippen LogP contribution in [0.15, 0.2) is 103 Å². The third-order valence-corrected chi connectivity index (χ3v) is 7.92. The van der Waals surface area contributed by atoms with Crippen molar-refractivity contribution < 1.29 is 23.8 Å². The van der Waals surface area contributed by atoms with E-state index in [2.05, 4.69) is 10.2 Å². The number of halogens is 1. The summed E-state index contributed by atoms with van der Waals surface area (Å²) in [4.78, 5) is 27.5. The van der Waals surface area contributed by atoms with Crippen LogP contribution in [0.25, 0.3) is 0 Å². The summed E-state index contributed by atoms with van der Waals surface area (Å²) in [6.45, 7) is 2.22. The quantitative estimate of drug-likeness (QED) is 0.114. The first-order valence-corrected chi connectivity index (χ1v) is 14.9. The maximum Gasteiger partial charge on any atom is 0.326 e. The molecule has 6 nitrogen and oxygen atoms in total. The largest absolute Gasteiger partial charge is 0.494 e. The fourth-order valence-corrected chi connectivity index (χ4v) is 5.33. The Morgan fingerprint density at radius 2 is 1.67 bits per heavy atom. The third-order valence-electron chi connectivity index (χ3n) is 7.92. The van der Waals surface area contributed by atoms with E-state index in [1.807, 2.05) is 36.4 Å². The molecule has 1 unspecified atom stereocenters. The molecular weight excluding hydrogens is 543 g/mol. The van der Waals surface area contributed by atoms with E-state index in [0.29, 0.717) is 35.1 Å². The number of anilines is 2. The number of hydrogen-bond donors (Lipinski definition) is 2. The van der Waals surface area contributed by atoms with Gasteiger partial charge in [0.05, 0.1) is 6.61 Å². The number of nitrogens with zero attached hydrogens (tertiary/aromatic N) is 1. The molecule has 1 saturated carbocycles. The van der Waals surface area contributed by atoms with Crippen LogP contribution in [0.2, 0.25) is 0 Å². The number of carboxylic acid groups (broad SMARTS) is 1. The Bertz CT molecular complexity index is 1510. The molecule has 0 amide bonds. The molecule has 7 heteroatoms. The third kappa shape index (κ3) is 8.22. The molecule has 4 aromatic rings. The van der Waals surface area contributed by atoms with Crippen molar-refractivity contribution in [3.8, 4) is 5.75 Å². The van der Waals surface area contributed by atoms with Crippen LogP contribution >= 0.6 is 0 Å². The van der Waals surface area contributed by atoms with Crippen molar-refractivity contribution in [1.82, 2.24) is 0 Å². The zero-order valence-corrected chi connectivity index (χ0v) is 24.1. The van der Waals surface area contributed by atoms with Gasteiger partial charge in [0.2, 0.25) is 0 Å². The molecule has 0 saturated heterocycles. The highest BCUT2D eigenvalue weighted by Gasteiger charge is 2.22. The van der Waals surface area contributed by atoms with Gasteiger partial charge in [0.25, 0.3) is 0 Å². The Hall–Kier alpha value is -4.65. The molecule has 1 atom stereocenters. The summed E-state index contributed by atoms with van der Waals surface area (Å²) in [5.41, 5.74) is 3.18. The SMILES string of the molecule is O=C(c1ccccc1)c1ccccc1NC(Cc1ccc(OCCCN(CC2CCC2)c2cccc(F)c2)cc1)C(=O)O. The van der Waals surface area contributed by atoms with Crippen LogP contribution in [0.4, 0.5) is 15.8 Å². The molecule has 0 aliphatic heterocycles. The van der Waals surface area contributed by atoms with E-state index in [1.54, 1.807) is 60.7 Å². The van der Waals surface area contributed by atoms with E-state index in [-0.39, 0.29) is 18.0 Å². The van der Waals surface area contributed by atoms with E-state index in [0.717, 1.165) is 30.8 Å². The number of ketones is 1. The molecule has 1 aliphatic rings. The van der Waals surface area contributed by atoms with Gasteiger partial charge in [-0.05, 0) is 73.2 Å². The zero-order chi connectivity index (χ0) is 30.0. The van der Waals surface area contributed by atoms with Gasteiger partial charge in [-0.15, -0.1) is 0 Å². The number of nitrogens with one attached hydrogen (secondary N) is 1. The summed E-state index contributed by atoms with van der Waals surface area (Å²) in [7, 11) is 0. The highest BCUT2D eigenvalue weighted by atomic mass is 19.1. The van der Waals surface area contributed by atoms with Crippen LogP contribution in [0, 0.1) is 11.7 Å². The maximum atomic E-state index is 13.8. The molecule has 4 aromatic carbocycles. The highest BCUT2D eigenvalue weighted by molar-refractivity contribution is 6.12. The second kappa shape index (κ2) is 14.5. The summed E-state index contributed by atoms with van der Waals surface area (Å²) in [6, 6.07) is 29.2. The number of hydrogen-bond acceptors (Lipinski definition) is 5. The standard InChI is InChI=1S/C36H37FN2O4/c37-29-13-7-14-30(24-29)39(25-27-9-6-10-27)21-8-22-43-31-19-17-26(18-20-31)23-34(36(41)42)38-33-16-5-4-15-32(33)35(40)28-11-2-1-3-12-28/h1-5,7,11-20,24,27,34,38H,6,8-10,21-23,25H2,(H,41,42). The average molecular weight is 581 g/mol. The molecule has 0 heterocycles. The van der Waals surface area contributed by atoms with Gasteiger partial charge >= 0.3 is 5.97 Å². The fraction of sp³-hybridized carbons (Fsp3) is 0.278. The molecule has 0 aromatic heterocycles. The van der Waals surface area contributed by atoms with Gasteiger partial charge in [-0.2, -0.15) is 0 Å². The van der Waals surface area contributed by atoms with Crippen LogP contribution in [-0.2, 0) is 11.2 Å². The molecule has 0 bridgehead atoms. The Labute approximate surface area is 252 Å². The minimum absolute atomic E-state index is 0.170. The lowest BCUT2D eigenvalue weighted by molar-refractivity contribution is -0.137. The predicted octanol–water partition coefficient (Wildman–Crippen LogP) is 7.24. The number of carbonyl (C=O) groups excluding carboxylic acids is 1. The molecule has 43 heavy (non-hydrogen) atoms. The lowest BCUT2D eigenvalue weighted by atomic mass is 9.85. The average Bonchev–Trinajstić information content (AvgIpc) is 3.00. The molecule has 2 N–H and O–H groups in total. The number of aliphatic carboxylic acids is 1. The molecule has 0 spiro atoms. The van der Waals surface area contributed by atoms with Crippen molar-refractivity contribution in [3.05, 3.63) is 126 Å². The van der Waals surface area contributed by atoms with Gasteiger partial charge in [0.15, 0.2) is 5.78 Å². The number of benzene rings is 4. The van der Waals surface area contributed by atoms with E-state index in [1.165, 1.54) is 25.3 Å². The second-order valence-electron chi connectivity index (χ2n) is 11.0. The van der Waals surface area contributed by atoms with Crippen LogP contribution in [0.1, 0.15) is 47.2 Å². The van der Waals surface area contributed by atoms with Crippen molar-refractivity contribution >= 4 is 23.1 Å². The normalized spacial score (nSPS) is 13.5. The number of para-hydroxylation sites is 1. The van der Waals surface area contributed by atoms with E-state index in [9.17, 15) is 19.1 Å². The number of carboxylic acids is 1. The summed E-state index contributed by atoms with van der Waals surface area (Å²) in [6.07, 6.45) is 4.74. The first-order chi connectivity index (χ1) is 21.0. The Morgan fingerprint density at radius 1 is 0.930 bits per heavy atom. The van der Waals surface area contributed by atoms with E-state index in [4.69, 9.17) is 4.74 Å². The second-order valence-corrected chi connectivity index (χ2v) is 11.0. The smallest absolute Gasteiger partial charge is 0.326 e. The van der Waals surface area contributed by atoms with Crippen molar-refractivity contribution in [2.75, 3.05) is 29.9 Å². The van der Waals surface area contributed by atoms with Crippen molar-refractivity contribution in [2.45, 2.75) is 38.1 Å². The van der Waals surface area contributed by atoms with Gasteiger partial charge in [0, 0.05) is 42.0 Å². The zero-order valence-electron chi connectivity index (χ0n) is 24.1. The molecule has 0 radical (unpaired) electrons. The van der Waals surface area contributed by atoms with Crippen LogP contribution < -0.4 is 15.0 Å². The minimum atomic E-state index is -1.01. The van der Waals surface area contributed by atoms with Crippen molar-refractivity contribution in [3.63, 3.8) is 0 Å². The van der Waals surface area contributed by atoms with E-state index < -0.39 is 12.0 Å². The number of carbonyl (C=O) groups is 2. The van der Waals surface area contributed by atoms with Crippen molar-refractivity contribution in [1.29, 1.82) is 0 Å².